The first-order valence-corrected chi connectivity index (χ1v) is 22.6. The molecule has 0 nitrogen and oxygen atoms in total. The van der Waals surface area contributed by atoms with Crippen LogP contribution in [0, 0.1) is 0 Å². The van der Waals surface area contributed by atoms with Crippen LogP contribution in [0.25, 0.3) is 12.2 Å². The van der Waals surface area contributed by atoms with Gasteiger partial charge in [-0.25, -0.2) is 0 Å². The topological polar surface area (TPSA) is 0 Å². The molecule has 0 bridgehead atoms. The molecule has 0 saturated heterocycles. The van der Waals surface area contributed by atoms with Gasteiger partial charge < -0.3 is 0 Å². The van der Waals surface area contributed by atoms with Gasteiger partial charge in [0.2, 0.25) is 0 Å². The summed E-state index contributed by atoms with van der Waals surface area (Å²) >= 11 is -4.24. The Kier molecular flexibility index (Phi) is 7.49. The van der Waals surface area contributed by atoms with Crippen molar-refractivity contribution in [1.82, 2.24) is 0 Å². The summed E-state index contributed by atoms with van der Waals surface area (Å²) in [5.41, 5.74) is 5.33. The molecule has 4 rings (SSSR count). The van der Waals surface area contributed by atoms with Crippen molar-refractivity contribution in [2.24, 2.45) is 0 Å². The molecule has 6 heteroatoms. The van der Waals surface area contributed by atoms with Gasteiger partial charge in [0.15, 0.2) is 0 Å². The average molecular weight is 555 g/mol. The Bertz CT molecular complexity index is 730. The zero-order valence-corrected chi connectivity index (χ0v) is 20.6. The Morgan fingerprint density at radius 1 is 0.583 bits per heavy atom. The van der Waals surface area contributed by atoms with Crippen LogP contribution in [-0.4, -0.2) is 0 Å². The van der Waals surface area contributed by atoms with Crippen molar-refractivity contribution in [2.45, 2.75) is 12.8 Å². The van der Waals surface area contributed by atoms with Crippen LogP contribution < -0.4 is 0 Å². The number of halogens is 4. The van der Waals surface area contributed by atoms with Gasteiger partial charge in [0.1, 0.15) is 0 Å². The van der Waals surface area contributed by atoms with Crippen molar-refractivity contribution in [2.75, 3.05) is 0 Å². The van der Waals surface area contributed by atoms with Crippen LogP contribution in [-0.2, 0) is 51.6 Å². The maximum absolute atomic E-state index is 5.97. The first kappa shape index (κ1) is 19.6. The van der Waals surface area contributed by atoms with E-state index in [9.17, 15) is 0 Å². The molecule has 0 atom stereocenters. The Hall–Kier alpha value is 0.846. The summed E-state index contributed by atoms with van der Waals surface area (Å²) in [5.74, 6) is 0. The van der Waals surface area contributed by atoms with E-state index in [4.69, 9.17) is 34.1 Å². The third-order valence-electron chi connectivity index (χ3n) is 4.02. The van der Waals surface area contributed by atoms with Gasteiger partial charge in [-0.3, -0.25) is 0 Å². The number of hydrogen-bond donors (Lipinski definition) is 0. The van der Waals surface area contributed by atoms with Crippen molar-refractivity contribution in [3.05, 3.63) is 77.3 Å². The van der Waals surface area contributed by atoms with Crippen LogP contribution >= 0.6 is 34.1 Å². The number of allylic oxidation sites excluding steroid dienone is 2. The van der Waals surface area contributed by atoms with Crippen molar-refractivity contribution < 1.29 is 38.7 Å². The van der Waals surface area contributed by atoms with Crippen LogP contribution in [0.4, 0.5) is 0 Å². The molecule has 0 radical (unpaired) electrons. The van der Waals surface area contributed by atoms with E-state index >= 15 is 0 Å². The molecule has 0 spiro atoms. The SMILES string of the molecule is [Cl][Zr]([Cl])[C]1=Cc2ccccc2C1.[Cl][Zr]([Cl])[C]1=Cc2ccccc2C1. The van der Waals surface area contributed by atoms with Crippen molar-refractivity contribution in [1.29, 1.82) is 0 Å². The zero-order chi connectivity index (χ0) is 17.1. The zero-order valence-electron chi connectivity index (χ0n) is 12.7. The fourth-order valence-corrected chi connectivity index (χ4v) is 8.57. The van der Waals surface area contributed by atoms with E-state index in [0.717, 1.165) is 12.8 Å². The van der Waals surface area contributed by atoms with Crippen LogP contribution in [0.15, 0.2) is 55.1 Å². The van der Waals surface area contributed by atoms with E-state index in [1.165, 1.54) is 28.8 Å². The van der Waals surface area contributed by atoms with E-state index < -0.39 is 38.7 Å². The third-order valence-corrected chi connectivity index (χ3v) is 13.7. The standard InChI is InChI=1S/2C9H7.4ClH.2Zr/c2*1-2-5-9-7-3-6-8(9)4-1;;;;;;/h2*1-2,4-6H,7H2;4*1H;;/q;;;;;;2*+2/p-4. The number of rotatable bonds is 2. The van der Waals surface area contributed by atoms with Crippen molar-refractivity contribution in [3.63, 3.8) is 0 Å². The molecule has 2 aromatic carbocycles. The van der Waals surface area contributed by atoms with Gasteiger partial charge in [0.25, 0.3) is 0 Å². The summed E-state index contributed by atoms with van der Waals surface area (Å²) in [7, 11) is 23.9. The molecular formula is C18H14Cl4Zr2. The van der Waals surface area contributed by atoms with Crippen LogP contribution in [0.2, 0.25) is 0 Å². The molecule has 0 saturated carbocycles. The molecule has 0 amide bonds. The second-order valence-electron chi connectivity index (χ2n) is 5.61. The minimum atomic E-state index is -2.12. The Labute approximate surface area is 173 Å². The van der Waals surface area contributed by atoms with Gasteiger partial charge in [-0.2, -0.15) is 0 Å². The Balaban J connectivity index is 0.000000141. The molecule has 0 unspecified atom stereocenters. The number of benzene rings is 2. The third kappa shape index (κ3) is 4.97. The maximum atomic E-state index is 5.97. The molecule has 0 N–H and O–H groups in total. The quantitative estimate of drug-likeness (QED) is 0.375. The number of fused-ring (bicyclic) bond motifs is 2. The van der Waals surface area contributed by atoms with Gasteiger partial charge >= 0.3 is 175 Å². The molecule has 2 aromatic rings. The van der Waals surface area contributed by atoms with Crippen LogP contribution in [0.1, 0.15) is 22.3 Å². The minimum absolute atomic E-state index is 0.984. The summed E-state index contributed by atoms with van der Waals surface area (Å²) < 4.78 is 2.59. The number of hydrogen-bond acceptors (Lipinski definition) is 0. The molecule has 24 heavy (non-hydrogen) atoms. The van der Waals surface area contributed by atoms with E-state index in [2.05, 4.69) is 48.6 Å². The van der Waals surface area contributed by atoms with Crippen LogP contribution in [0.3, 0.4) is 0 Å². The van der Waals surface area contributed by atoms with Gasteiger partial charge in [0.05, 0.1) is 0 Å². The predicted octanol–water partition coefficient (Wildman–Crippen LogP) is 7.02. The summed E-state index contributed by atoms with van der Waals surface area (Å²) in [5, 5.41) is 0. The molecule has 122 valence electrons. The van der Waals surface area contributed by atoms with E-state index in [-0.39, 0.29) is 0 Å². The summed E-state index contributed by atoms with van der Waals surface area (Å²) in [6.07, 6.45) is 6.28. The van der Waals surface area contributed by atoms with Crippen LogP contribution in [0.5, 0.6) is 0 Å². The van der Waals surface area contributed by atoms with E-state index in [1.807, 2.05) is 12.1 Å². The average Bonchev–Trinajstić information content (AvgIpc) is 3.19. The van der Waals surface area contributed by atoms with E-state index in [1.54, 1.807) is 0 Å². The molecular weight excluding hydrogens is 540 g/mol. The van der Waals surface area contributed by atoms with Crippen molar-refractivity contribution >= 4 is 46.2 Å². The second-order valence-corrected chi connectivity index (χ2v) is 22.6. The normalized spacial score (nSPS) is 14.0. The van der Waals surface area contributed by atoms with Gasteiger partial charge in [-0.05, 0) is 0 Å². The first-order chi connectivity index (χ1) is 11.5. The molecule has 2 aliphatic carbocycles. The van der Waals surface area contributed by atoms with Gasteiger partial charge in [-0.15, -0.1) is 0 Å². The molecule has 0 aliphatic heterocycles. The molecule has 2 aliphatic rings. The van der Waals surface area contributed by atoms with E-state index in [0.29, 0.717) is 0 Å². The second kappa shape index (κ2) is 9.17. The molecule has 0 heterocycles. The summed E-state index contributed by atoms with van der Waals surface area (Å²) in [6.45, 7) is 0. The fraction of sp³-hybridized carbons (Fsp3) is 0.111. The van der Waals surface area contributed by atoms with Gasteiger partial charge in [0, 0.05) is 0 Å². The fourth-order valence-electron chi connectivity index (χ4n) is 2.80. The Morgan fingerprint density at radius 3 is 1.29 bits per heavy atom. The van der Waals surface area contributed by atoms with Crippen molar-refractivity contribution in [3.8, 4) is 0 Å². The molecule has 0 fully saturated rings. The monoisotopic (exact) mass is 550 g/mol. The Morgan fingerprint density at radius 2 is 0.958 bits per heavy atom. The van der Waals surface area contributed by atoms with Gasteiger partial charge in [-0.1, -0.05) is 0 Å². The predicted molar refractivity (Wildman–Crippen MR) is 99.7 cm³/mol. The first-order valence-electron chi connectivity index (χ1n) is 7.48. The summed E-state index contributed by atoms with van der Waals surface area (Å²) in [6, 6.07) is 16.7. The molecule has 0 aromatic heterocycles. The summed E-state index contributed by atoms with van der Waals surface area (Å²) in [4.78, 5) is 0.